The minimum Gasteiger partial charge on any atom is -0.336 e. The molecule has 2 N–H and O–H groups in total. The number of hydrogen-bond acceptors (Lipinski definition) is 2. The maximum absolute atomic E-state index is 11.4. The summed E-state index contributed by atoms with van der Waals surface area (Å²) < 4.78 is 0. The molecule has 0 radical (unpaired) electrons. The topological polar surface area (TPSA) is 44.4 Å². The summed E-state index contributed by atoms with van der Waals surface area (Å²) in [6.07, 6.45) is 0. The highest BCUT2D eigenvalue weighted by molar-refractivity contribution is 5.76. The number of hydrogen-bond donors (Lipinski definition) is 2. The third-order valence-electron chi connectivity index (χ3n) is 3.43. The fraction of sp³-hybridized carbons (Fsp3) is 0.500. The van der Waals surface area contributed by atoms with E-state index >= 15 is 0 Å². The van der Waals surface area contributed by atoms with Gasteiger partial charge in [0.15, 0.2) is 0 Å². The summed E-state index contributed by atoms with van der Waals surface area (Å²) in [5.41, 5.74) is 2.62. The van der Waals surface area contributed by atoms with Gasteiger partial charge in [-0.3, -0.25) is 0 Å². The molecule has 1 fully saturated rings. The molecule has 0 unspecified atom stereocenters. The van der Waals surface area contributed by atoms with Gasteiger partial charge in [0.1, 0.15) is 0 Å². The number of aryl methyl sites for hydroxylation is 1. The van der Waals surface area contributed by atoms with E-state index in [1.165, 1.54) is 11.1 Å². The first-order valence-electron chi connectivity index (χ1n) is 6.50. The third-order valence-corrected chi connectivity index (χ3v) is 3.43. The van der Waals surface area contributed by atoms with E-state index in [0.717, 1.165) is 26.2 Å². The molecule has 98 valence electrons. The van der Waals surface area contributed by atoms with Crippen LogP contribution in [-0.2, 0) is 0 Å². The van der Waals surface area contributed by atoms with Crippen LogP contribution < -0.4 is 10.6 Å². The molecule has 1 aliphatic heterocycles. The maximum atomic E-state index is 11.4. The van der Waals surface area contributed by atoms with Gasteiger partial charge in [-0.25, -0.2) is 4.79 Å². The van der Waals surface area contributed by atoms with Crippen LogP contribution in [0, 0.1) is 6.92 Å². The molecule has 1 aliphatic rings. The quantitative estimate of drug-likeness (QED) is 0.831. The highest BCUT2D eigenvalue weighted by Crippen LogP contribution is 2.16. The molecule has 2 amide bonds. The molecule has 0 spiro atoms. The monoisotopic (exact) mass is 247 g/mol. The minimum absolute atomic E-state index is 0.0559. The van der Waals surface area contributed by atoms with Crippen molar-refractivity contribution in [3.8, 4) is 0 Å². The largest absolute Gasteiger partial charge is 0.336 e. The van der Waals surface area contributed by atoms with Gasteiger partial charge in [-0.05, 0) is 25.0 Å². The van der Waals surface area contributed by atoms with Gasteiger partial charge < -0.3 is 15.5 Å². The molecule has 4 nitrogen and oxygen atoms in total. The van der Waals surface area contributed by atoms with Crippen molar-refractivity contribution in [2.45, 2.75) is 19.9 Å². The van der Waals surface area contributed by atoms with Crippen molar-refractivity contribution in [1.29, 1.82) is 0 Å². The zero-order valence-electron chi connectivity index (χ0n) is 11.1. The average molecular weight is 247 g/mol. The number of rotatable bonds is 5. The summed E-state index contributed by atoms with van der Waals surface area (Å²) in [7, 11) is 0. The van der Waals surface area contributed by atoms with Gasteiger partial charge in [0.05, 0.1) is 0 Å². The molecule has 18 heavy (non-hydrogen) atoms. The van der Waals surface area contributed by atoms with Crippen LogP contribution in [0.2, 0.25) is 0 Å². The molecule has 0 bridgehead atoms. The van der Waals surface area contributed by atoms with Crippen LogP contribution in [0.5, 0.6) is 0 Å². The predicted molar refractivity (Wildman–Crippen MR) is 72.6 cm³/mol. The van der Waals surface area contributed by atoms with Crippen molar-refractivity contribution in [2.24, 2.45) is 0 Å². The van der Waals surface area contributed by atoms with Gasteiger partial charge in [0.25, 0.3) is 0 Å². The van der Waals surface area contributed by atoms with Crippen molar-refractivity contribution in [3.63, 3.8) is 0 Å². The molecule has 1 atom stereocenters. The highest BCUT2D eigenvalue weighted by Gasteiger charge is 2.18. The standard InChI is InChI=1S/C14H21N3O/c1-11-5-3-4-6-13(11)12(2)15-7-9-17-10-8-16-14(17)18/h3-6,12,15H,7-10H2,1-2H3,(H,16,18)/t12-/m0/s1. The smallest absolute Gasteiger partial charge is 0.317 e. The fourth-order valence-corrected chi connectivity index (χ4v) is 2.32. The molecule has 1 aromatic rings. The van der Waals surface area contributed by atoms with Crippen LogP contribution >= 0.6 is 0 Å². The summed E-state index contributed by atoms with van der Waals surface area (Å²) in [5.74, 6) is 0. The van der Waals surface area contributed by atoms with Crippen LogP contribution in [0.3, 0.4) is 0 Å². The normalized spacial score (nSPS) is 16.8. The van der Waals surface area contributed by atoms with E-state index in [4.69, 9.17) is 0 Å². The van der Waals surface area contributed by atoms with Gasteiger partial charge in [0.2, 0.25) is 0 Å². The highest BCUT2D eigenvalue weighted by atomic mass is 16.2. The van der Waals surface area contributed by atoms with E-state index in [1.54, 1.807) is 0 Å². The summed E-state index contributed by atoms with van der Waals surface area (Å²) in [5, 5.41) is 6.27. The number of urea groups is 1. The molecule has 1 aromatic carbocycles. The predicted octanol–water partition coefficient (Wildman–Crippen LogP) is 1.67. The maximum Gasteiger partial charge on any atom is 0.317 e. The Morgan fingerprint density at radius 1 is 1.44 bits per heavy atom. The lowest BCUT2D eigenvalue weighted by Gasteiger charge is -2.19. The van der Waals surface area contributed by atoms with E-state index in [9.17, 15) is 4.79 Å². The average Bonchev–Trinajstić information content (AvgIpc) is 2.75. The zero-order chi connectivity index (χ0) is 13.0. The van der Waals surface area contributed by atoms with Gasteiger partial charge in [-0.2, -0.15) is 0 Å². The van der Waals surface area contributed by atoms with E-state index in [1.807, 2.05) is 4.90 Å². The van der Waals surface area contributed by atoms with Crippen molar-refractivity contribution in [1.82, 2.24) is 15.5 Å². The Labute approximate surface area is 108 Å². The van der Waals surface area contributed by atoms with Crippen molar-refractivity contribution in [2.75, 3.05) is 26.2 Å². The molecule has 1 heterocycles. The van der Waals surface area contributed by atoms with Crippen molar-refractivity contribution >= 4 is 6.03 Å². The molecule has 4 heteroatoms. The number of carbonyl (C=O) groups is 1. The van der Waals surface area contributed by atoms with E-state index in [-0.39, 0.29) is 6.03 Å². The van der Waals surface area contributed by atoms with Gasteiger partial charge in [-0.15, -0.1) is 0 Å². The zero-order valence-corrected chi connectivity index (χ0v) is 11.1. The van der Waals surface area contributed by atoms with Crippen LogP contribution in [-0.4, -0.2) is 37.1 Å². The van der Waals surface area contributed by atoms with Crippen LogP contribution in [0.25, 0.3) is 0 Å². The minimum atomic E-state index is 0.0559. The molecule has 1 saturated heterocycles. The van der Waals surface area contributed by atoms with Gasteiger partial charge in [0, 0.05) is 32.2 Å². The molecule has 0 aromatic heterocycles. The van der Waals surface area contributed by atoms with Crippen LogP contribution in [0.15, 0.2) is 24.3 Å². The van der Waals surface area contributed by atoms with Crippen molar-refractivity contribution in [3.05, 3.63) is 35.4 Å². The third kappa shape index (κ3) is 3.01. The number of nitrogens with zero attached hydrogens (tertiary/aromatic N) is 1. The Balaban J connectivity index is 1.80. The number of benzene rings is 1. The molecule has 0 aliphatic carbocycles. The van der Waals surface area contributed by atoms with Crippen molar-refractivity contribution < 1.29 is 4.79 Å². The summed E-state index contributed by atoms with van der Waals surface area (Å²) in [4.78, 5) is 13.2. The van der Waals surface area contributed by atoms with E-state index in [2.05, 4.69) is 48.7 Å². The van der Waals surface area contributed by atoms with Gasteiger partial charge in [-0.1, -0.05) is 24.3 Å². The second kappa shape index (κ2) is 5.87. The van der Waals surface area contributed by atoms with Crippen LogP contribution in [0.1, 0.15) is 24.1 Å². The molecule has 2 rings (SSSR count). The molecular weight excluding hydrogens is 226 g/mol. The van der Waals surface area contributed by atoms with Crippen LogP contribution in [0.4, 0.5) is 4.79 Å². The number of nitrogens with one attached hydrogen (secondary N) is 2. The molecular formula is C14H21N3O. The number of amides is 2. The van der Waals surface area contributed by atoms with E-state index in [0.29, 0.717) is 6.04 Å². The first-order chi connectivity index (χ1) is 8.68. The fourth-order valence-electron chi connectivity index (χ4n) is 2.32. The number of carbonyl (C=O) groups excluding carboxylic acids is 1. The summed E-state index contributed by atoms with van der Waals surface area (Å²) in [6.45, 7) is 7.46. The SMILES string of the molecule is Cc1ccccc1[C@H](C)NCCN1CCNC1=O. The Morgan fingerprint density at radius 3 is 2.89 bits per heavy atom. The summed E-state index contributed by atoms with van der Waals surface area (Å²) >= 11 is 0. The first-order valence-corrected chi connectivity index (χ1v) is 6.50. The Kier molecular flexibility index (Phi) is 4.20. The second-order valence-electron chi connectivity index (χ2n) is 4.75. The Hall–Kier alpha value is -1.55. The first kappa shape index (κ1) is 12.9. The summed E-state index contributed by atoms with van der Waals surface area (Å²) in [6, 6.07) is 8.77. The lowest BCUT2D eigenvalue weighted by molar-refractivity contribution is 0.217. The lowest BCUT2D eigenvalue weighted by Crippen LogP contribution is -2.35. The Bertz CT molecular complexity index is 419. The molecule has 0 saturated carbocycles. The van der Waals surface area contributed by atoms with Gasteiger partial charge >= 0.3 is 6.03 Å². The second-order valence-corrected chi connectivity index (χ2v) is 4.75. The van der Waals surface area contributed by atoms with E-state index < -0.39 is 0 Å². The Morgan fingerprint density at radius 2 is 2.22 bits per heavy atom. The lowest BCUT2D eigenvalue weighted by atomic mass is 10.0.